The van der Waals surface area contributed by atoms with E-state index in [1.165, 1.54) is 30.6 Å². The molecule has 204 valence electrons. The SMILES string of the molecule is CCOC(=O)c1c(NC(=O)C(=O)NN=C(C)c2ccc(OCc3ccc(F)cc3)c(OC)c2)sc2c1CCC2. The van der Waals surface area contributed by atoms with Gasteiger partial charge in [-0.2, -0.15) is 5.10 Å². The third kappa shape index (κ3) is 6.61. The number of hydrogen-bond donors (Lipinski definition) is 2. The normalized spacial score (nSPS) is 12.5. The van der Waals surface area contributed by atoms with Crippen LogP contribution < -0.4 is 20.2 Å². The smallest absolute Gasteiger partial charge is 0.341 e. The fourth-order valence-electron chi connectivity index (χ4n) is 4.07. The Morgan fingerprint density at radius 3 is 2.54 bits per heavy atom. The number of fused-ring (bicyclic) bond motifs is 1. The van der Waals surface area contributed by atoms with Crippen molar-refractivity contribution in [3.8, 4) is 11.5 Å². The van der Waals surface area contributed by atoms with Crippen LogP contribution in [-0.2, 0) is 33.8 Å². The molecule has 1 heterocycles. The molecule has 0 saturated heterocycles. The van der Waals surface area contributed by atoms with Crippen LogP contribution in [0.4, 0.5) is 9.39 Å². The standard InChI is InChI=1S/C28H28FN3O6S/c1-4-37-28(35)24-20-6-5-7-23(20)39-27(24)30-25(33)26(34)32-31-16(2)18-10-13-21(22(14-18)36-3)38-15-17-8-11-19(29)12-9-17/h8-14H,4-7,15H2,1-3H3,(H,30,33)(H,32,34). The zero-order valence-electron chi connectivity index (χ0n) is 21.8. The number of hydrazone groups is 1. The van der Waals surface area contributed by atoms with Gasteiger partial charge in [-0.3, -0.25) is 9.59 Å². The number of rotatable bonds is 9. The van der Waals surface area contributed by atoms with Gasteiger partial charge in [-0.05, 0) is 74.6 Å². The maximum absolute atomic E-state index is 13.1. The molecule has 0 unspecified atom stereocenters. The Labute approximate surface area is 229 Å². The van der Waals surface area contributed by atoms with Gasteiger partial charge in [0.25, 0.3) is 0 Å². The first-order valence-corrected chi connectivity index (χ1v) is 13.1. The van der Waals surface area contributed by atoms with Crippen LogP contribution in [-0.4, -0.2) is 37.2 Å². The van der Waals surface area contributed by atoms with Gasteiger partial charge in [-0.25, -0.2) is 14.6 Å². The van der Waals surface area contributed by atoms with E-state index in [4.69, 9.17) is 14.2 Å². The Balaban J connectivity index is 1.40. The van der Waals surface area contributed by atoms with Crippen molar-refractivity contribution >= 4 is 39.8 Å². The number of nitrogens with zero attached hydrogens (tertiary/aromatic N) is 1. The molecule has 3 aromatic rings. The van der Waals surface area contributed by atoms with Crippen LogP contribution >= 0.6 is 11.3 Å². The number of halogens is 1. The van der Waals surface area contributed by atoms with Gasteiger partial charge >= 0.3 is 17.8 Å². The summed E-state index contributed by atoms with van der Waals surface area (Å²) in [5, 5.41) is 6.88. The predicted molar refractivity (Wildman–Crippen MR) is 145 cm³/mol. The van der Waals surface area contributed by atoms with Crippen LogP contribution in [0.5, 0.6) is 11.5 Å². The lowest BCUT2D eigenvalue weighted by Gasteiger charge is -2.12. The van der Waals surface area contributed by atoms with Crippen molar-refractivity contribution in [2.75, 3.05) is 19.0 Å². The number of esters is 1. The van der Waals surface area contributed by atoms with E-state index in [1.807, 2.05) is 0 Å². The molecule has 0 spiro atoms. The molecule has 0 atom stereocenters. The number of hydrogen-bond acceptors (Lipinski definition) is 8. The number of ether oxygens (including phenoxy) is 3. The van der Waals surface area contributed by atoms with Crippen LogP contribution in [0.15, 0.2) is 47.6 Å². The van der Waals surface area contributed by atoms with Gasteiger partial charge in [0.15, 0.2) is 11.5 Å². The Bertz CT molecular complexity index is 1420. The number of aryl methyl sites for hydroxylation is 1. The average Bonchev–Trinajstić information content (AvgIpc) is 3.52. The molecule has 0 aliphatic heterocycles. The molecule has 4 rings (SSSR count). The first kappa shape index (κ1) is 27.8. The molecule has 0 saturated carbocycles. The zero-order chi connectivity index (χ0) is 27.9. The number of carbonyl (C=O) groups is 3. The molecule has 1 aliphatic carbocycles. The lowest BCUT2D eigenvalue weighted by atomic mass is 10.1. The minimum atomic E-state index is -0.982. The molecule has 0 fully saturated rings. The van der Waals surface area contributed by atoms with Gasteiger partial charge < -0.3 is 19.5 Å². The first-order chi connectivity index (χ1) is 18.8. The Kier molecular flexibility index (Phi) is 8.92. The van der Waals surface area contributed by atoms with Crippen molar-refractivity contribution in [1.82, 2.24) is 5.43 Å². The van der Waals surface area contributed by atoms with E-state index in [0.717, 1.165) is 35.3 Å². The van der Waals surface area contributed by atoms with Gasteiger partial charge in [0.05, 0.1) is 25.0 Å². The van der Waals surface area contributed by atoms with Crippen molar-refractivity contribution in [2.24, 2.45) is 5.10 Å². The number of benzene rings is 2. The van der Waals surface area contributed by atoms with Gasteiger partial charge in [0.1, 0.15) is 17.4 Å². The average molecular weight is 554 g/mol. The maximum Gasteiger partial charge on any atom is 0.341 e. The number of methoxy groups -OCH3 is 1. The molecule has 0 radical (unpaired) electrons. The molecule has 1 aliphatic rings. The molecular formula is C28H28FN3O6S. The van der Waals surface area contributed by atoms with Gasteiger partial charge in [0, 0.05) is 10.4 Å². The fraction of sp³-hybridized carbons (Fsp3) is 0.286. The Morgan fingerprint density at radius 2 is 1.82 bits per heavy atom. The van der Waals surface area contributed by atoms with Crippen molar-refractivity contribution in [1.29, 1.82) is 0 Å². The minimum absolute atomic E-state index is 0.206. The molecule has 11 heteroatoms. The van der Waals surface area contributed by atoms with E-state index in [-0.39, 0.29) is 19.0 Å². The molecular weight excluding hydrogens is 525 g/mol. The highest BCUT2D eigenvalue weighted by Crippen LogP contribution is 2.39. The molecule has 9 nitrogen and oxygen atoms in total. The summed E-state index contributed by atoms with van der Waals surface area (Å²) in [5.41, 5.74) is 5.29. The second kappa shape index (κ2) is 12.5. The molecule has 0 bridgehead atoms. The topological polar surface area (TPSA) is 115 Å². The largest absolute Gasteiger partial charge is 0.493 e. The summed E-state index contributed by atoms with van der Waals surface area (Å²) >= 11 is 1.29. The number of amides is 2. The zero-order valence-corrected chi connectivity index (χ0v) is 22.6. The second-order valence-corrected chi connectivity index (χ2v) is 9.76. The van der Waals surface area contributed by atoms with Gasteiger partial charge in [-0.1, -0.05) is 12.1 Å². The molecule has 2 N–H and O–H groups in total. The van der Waals surface area contributed by atoms with Crippen molar-refractivity contribution < 1.29 is 33.0 Å². The summed E-state index contributed by atoms with van der Waals surface area (Å²) in [7, 11) is 1.49. The predicted octanol–water partition coefficient (Wildman–Crippen LogP) is 4.62. The summed E-state index contributed by atoms with van der Waals surface area (Å²) in [6.07, 6.45) is 2.48. The summed E-state index contributed by atoms with van der Waals surface area (Å²) in [6.45, 7) is 3.80. The first-order valence-electron chi connectivity index (χ1n) is 12.3. The molecule has 2 amide bonds. The van der Waals surface area contributed by atoms with Crippen LogP contribution in [0, 0.1) is 5.82 Å². The van der Waals surface area contributed by atoms with E-state index < -0.39 is 17.8 Å². The van der Waals surface area contributed by atoms with Crippen molar-refractivity contribution in [3.63, 3.8) is 0 Å². The van der Waals surface area contributed by atoms with Crippen LogP contribution in [0.2, 0.25) is 0 Å². The second-order valence-electron chi connectivity index (χ2n) is 8.65. The Morgan fingerprint density at radius 1 is 1.05 bits per heavy atom. The molecule has 2 aromatic carbocycles. The monoisotopic (exact) mass is 553 g/mol. The highest BCUT2D eigenvalue weighted by molar-refractivity contribution is 7.17. The number of thiophene rings is 1. The number of anilines is 1. The number of carbonyl (C=O) groups excluding carboxylic acids is 3. The quantitative estimate of drug-likeness (QED) is 0.173. The summed E-state index contributed by atoms with van der Waals surface area (Å²) < 4.78 is 29.5. The molecule has 39 heavy (non-hydrogen) atoms. The minimum Gasteiger partial charge on any atom is -0.493 e. The van der Waals surface area contributed by atoms with Crippen molar-refractivity contribution in [2.45, 2.75) is 39.7 Å². The number of nitrogens with one attached hydrogen (secondary N) is 2. The van der Waals surface area contributed by atoms with Crippen LogP contribution in [0.1, 0.15) is 52.2 Å². The Hall–Kier alpha value is -4.25. The van der Waals surface area contributed by atoms with E-state index in [2.05, 4.69) is 15.8 Å². The van der Waals surface area contributed by atoms with Crippen LogP contribution in [0.25, 0.3) is 0 Å². The van der Waals surface area contributed by atoms with Gasteiger partial charge in [0.2, 0.25) is 0 Å². The summed E-state index contributed by atoms with van der Waals surface area (Å²) in [6, 6.07) is 11.1. The van der Waals surface area contributed by atoms with Gasteiger partial charge in [-0.15, -0.1) is 11.3 Å². The van der Waals surface area contributed by atoms with Crippen LogP contribution in [0.3, 0.4) is 0 Å². The summed E-state index contributed by atoms with van der Waals surface area (Å²) in [4.78, 5) is 38.6. The van der Waals surface area contributed by atoms with E-state index in [1.54, 1.807) is 44.2 Å². The molecule has 1 aromatic heterocycles. The van der Waals surface area contributed by atoms with E-state index in [0.29, 0.717) is 33.3 Å². The fourth-order valence-corrected chi connectivity index (χ4v) is 5.35. The van der Waals surface area contributed by atoms with Crippen molar-refractivity contribution in [3.05, 3.63) is 75.4 Å². The van der Waals surface area contributed by atoms with E-state index in [9.17, 15) is 18.8 Å². The maximum atomic E-state index is 13.1. The highest BCUT2D eigenvalue weighted by atomic mass is 32.1. The lowest BCUT2D eigenvalue weighted by Crippen LogP contribution is -2.33. The third-order valence-electron chi connectivity index (χ3n) is 6.05. The third-order valence-corrected chi connectivity index (χ3v) is 7.26. The highest BCUT2D eigenvalue weighted by Gasteiger charge is 2.29. The lowest BCUT2D eigenvalue weighted by molar-refractivity contribution is -0.136. The van der Waals surface area contributed by atoms with E-state index >= 15 is 0 Å². The summed E-state index contributed by atoms with van der Waals surface area (Å²) in [5.74, 6) is -1.85.